The van der Waals surface area contributed by atoms with E-state index in [1.54, 1.807) is 24.0 Å². The van der Waals surface area contributed by atoms with Crippen LogP contribution in [0.4, 0.5) is 11.6 Å². The van der Waals surface area contributed by atoms with Crippen LogP contribution in [0.5, 0.6) is 0 Å². The second-order valence-electron chi connectivity index (χ2n) is 5.66. The van der Waals surface area contributed by atoms with Gasteiger partial charge in [-0.15, -0.1) is 0 Å². The van der Waals surface area contributed by atoms with Crippen LogP contribution >= 0.6 is 11.6 Å². The van der Waals surface area contributed by atoms with Crippen LogP contribution in [0.3, 0.4) is 0 Å². The summed E-state index contributed by atoms with van der Waals surface area (Å²) in [5.41, 5.74) is 5.64. The van der Waals surface area contributed by atoms with E-state index in [4.69, 9.17) is 17.3 Å². The van der Waals surface area contributed by atoms with Crippen LogP contribution in [0, 0.1) is 0 Å². The SMILES string of the molecule is Cn1nccc1N1CCC[C@H](NS(=O)(=O)c2cc(Cl)cnc2N)C1=O. The number of hydrogen-bond acceptors (Lipinski definition) is 6. The number of nitrogen functional groups attached to an aromatic ring is 1. The average molecular weight is 385 g/mol. The molecule has 0 aromatic carbocycles. The number of hydrogen-bond donors (Lipinski definition) is 2. The van der Waals surface area contributed by atoms with Gasteiger partial charge in [0.2, 0.25) is 15.9 Å². The van der Waals surface area contributed by atoms with Gasteiger partial charge >= 0.3 is 0 Å². The summed E-state index contributed by atoms with van der Waals surface area (Å²) in [6, 6.07) is 2.01. The normalized spacial score (nSPS) is 18.6. The minimum absolute atomic E-state index is 0.140. The quantitative estimate of drug-likeness (QED) is 0.792. The molecule has 25 heavy (non-hydrogen) atoms. The molecule has 1 saturated heterocycles. The third-order valence-electron chi connectivity index (χ3n) is 3.95. The molecule has 1 atom stereocenters. The number of amides is 1. The van der Waals surface area contributed by atoms with E-state index in [1.807, 2.05) is 0 Å². The Bertz CT molecular complexity index is 913. The highest BCUT2D eigenvalue weighted by atomic mass is 35.5. The maximum absolute atomic E-state index is 12.7. The smallest absolute Gasteiger partial charge is 0.246 e. The lowest BCUT2D eigenvalue weighted by molar-refractivity contribution is -0.121. The zero-order valence-corrected chi connectivity index (χ0v) is 15.0. The number of anilines is 2. The minimum Gasteiger partial charge on any atom is -0.383 e. The topological polar surface area (TPSA) is 123 Å². The van der Waals surface area contributed by atoms with Gasteiger partial charge in [0.1, 0.15) is 22.6 Å². The van der Waals surface area contributed by atoms with Gasteiger partial charge in [-0.1, -0.05) is 11.6 Å². The van der Waals surface area contributed by atoms with Gasteiger partial charge in [-0.05, 0) is 18.9 Å². The van der Waals surface area contributed by atoms with Crippen molar-refractivity contribution in [2.75, 3.05) is 17.2 Å². The number of rotatable bonds is 4. The van der Waals surface area contributed by atoms with E-state index in [0.29, 0.717) is 25.2 Å². The molecule has 1 fully saturated rings. The van der Waals surface area contributed by atoms with E-state index in [-0.39, 0.29) is 21.6 Å². The van der Waals surface area contributed by atoms with Crippen molar-refractivity contribution in [1.82, 2.24) is 19.5 Å². The minimum atomic E-state index is -4.04. The molecule has 9 nitrogen and oxygen atoms in total. The Kier molecular flexibility index (Phi) is 4.67. The molecular formula is C14H17ClN6O3S. The largest absolute Gasteiger partial charge is 0.383 e. The first-order valence-corrected chi connectivity index (χ1v) is 9.38. The maximum Gasteiger partial charge on any atom is 0.246 e. The van der Waals surface area contributed by atoms with E-state index in [1.165, 1.54) is 17.2 Å². The first-order chi connectivity index (χ1) is 11.8. The Labute approximate surface area is 149 Å². The zero-order valence-electron chi connectivity index (χ0n) is 13.4. The number of nitrogens with two attached hydrogens (primary N) is 1. The van der Waals surface area contributed by atoms with Crippen LogP contribution in [-0.2, 0) is 21.9 Å². The highest BCUT2D eigenvalue weighted by Gasteiger charge is 2.34. The van der Waals surface area contributed by atoms with Crippen LogP contribution in [0.1, 0.15) is 12.8 Å². The number of aromatic nitrogens is 3. The summed E-state index contributed by atoms with van der Waals surface area (Å²) in [5, 5.41) is 4.18. The number of nitrogens with zero attached hydrogens (tertiary/aromatic N) is 4. The Hall–Kier alpha value is -2.17. The Morgan fingerprint density at radius 3 is 2.88 bits per heavy atom. The fourth-order valence-corrected chi connectivity index (χ4v) is 4.29. The molecule has 0 bridgehead atoms. The average Bonchev–Trinajstić information content (AvgIpc) is 2.97. The van der Waals surface area contributed by atoms with Crippen LogP contribution in [-0.4, -0.2) is 41.7 Å². The molecule has 1 amide bonds. The molecule has 134 valence electrons. The Morgan fingerprint density at radius 1 is 1.44 bits per heavy atom. The van der Waals surface area contributed by atoms with Gasteiger partial charge in [0.25, 0.3) is 0 Å². The summed E-state index contributed by atoms with van der Waals surface area (Å²) in [6.07, 6.45) is 3.87. The number of sulfonamides is 1. The van der Waals surface area contributed by atoms with E-state index in [9.17, 15) is 13.2 Å². The molecule has 2 aromatic rings. The molecule has 0 radical (unpaired) electrons. The molecule has 3 heterocycles. The summed E-state index contributed by atoms with van der Waals surface area (Å²) >= 11 is 5.81. The van der Waals surface area contributed by atoms with E-state index in [0.717, 1.165) is 0 Å². The molecular weight excluding hydrogens is 368 g/mol. The van der Waals surface area contributed by atoms with Crippen molar-refractivity contribution in [1.29, 1.82) is 0 Å². The third-order valence-corrected chi connectivity index (χ3v) is 5.65. The number of piperidine rings is 1. The molecule has 1 aliphatic rings. The second kappa shape index (κ2) is 6.62. The molecule has 1 aliphatic heterocycles. The highest BCUT2D eigenvalue weighted by Crippen LogP contribution is 2.24. The number of halogens is 1. The molecule has 0 unspecified atom stereocenters. The zero-order chi connectivity index (χ0) is 18.2. The Balaban J connectivity index is 1.85. The molecule has 11 heteroatoms. The second-order valence-corrected chi connectivity index (χ2v) is 7.77. The lowest BCUT2D eigenvalue weighted by Gasteiger charge is -2.32. The van der Waals surface area contributed by atoms with Crippen LogP contribution in [0.25, 0.3) is 0 Å². The molecule has 0 saturated carbocycles. The lowest BCUT2D eigenvalue weighted by Crippen LogP contribution is -2.52. The van der Waals surface area contributed by atoms with Gasteiger partial charge in [-0.2, -0.15) is 9.82 Å². The van der Waals surface area contributed by atoms with Crippen LogP contribution < -0.4 is 15.4 Å². The van der Waals surface area contributed by atoms with Crippen molar-refractivity contribution < 1.29 is 13.2 Å². The third kappa shape index (κ3) is 3.46. The van der Waals surface area contributed by atoms with Gasteiger partial charge in [-0.3, -0.25) is 14.4 Å². The van der Waals surface area contributed by atoms with Gasteiger partial charge in [0, 0.05) is 25.9 Å². The van der Waals surface area contributed by atoms with Crippen molar-refractivity contribution in [3.63, 3.8) is 0 Å². The molecule has 0 aliphatic carbocycles. The first kappa shape index (κ1) is 17.6. The summed E-state index contributed by atoms with van der Waals surface area (Å²) in [4.78, 5) is 17.7. The summed E-state index contributed by atoms with van der Waals surface area (Å²) < 4.78 is 29.2. The number of pyridine rings is 1. The molecule has 3 N–H and O–H groups in total. The highest BCUT2D eigenvalue weighted by molar-refractivity contribution is 7.89. The van der Waals surface area contributed by atoms with Crippen molar-refractivity contribution in [3.05, 3.63) is 29.5 Å². The molecule has 2 aromatic heterocycles. The summed E-state index contributed by atoms with van der Waals surface area (Å²) in [7, 11) is -2.32. The number of nitrogens with one attached hydrogen (secondary N) is 1. The fraction of sp³-hybridized carbons (Fsp3) is 0.357. The number of carbonyl (C=O) groups is 1. The lowest BCUT2D eigenvalue weighted by atomic mass is 10.1. The maximum atomic E-state index is 12.7. The monoisotopic (exact) mass is 384 g/mol. The van der Waals surface area contributed by atoms with Crippen molar-refractivity contribution in [2.45, 2.75) is 23.8 Å². The van der Waals surface area contributed by atoms with Crippen LogP contribution in [0.15, 0.2) is 29.4 Å². The predicted octanol–water partition coefficient (Wildman–Crippen LogP) is 0.525. The predicted molar refractivity (Wildman–Crippen MR) is 92.6 cm³/mol. The molecule has 0 spiro atoms. The summed E-state index contributed by atoms with van der Waals surface area (Å²) in [6.45, 7) is 0.497. The Morgan fingerprint density at radius 2 is 2.20 bits per heavy atom. The van der Waals surface area contributed by atoms with E-state index in [2.05, 4.69) is 14.8 Å². The van der Waals surface area contributed by atoms with Gasteiger partial charge in [0.15, 0.2) is 0 Å². The van der Waals surface area contributed by atoms with Gasteiger partial charge in [-0.25, -0.2) is 13.4 Å². The van der Waals surface area contributed by atoms with E-state index < -0.39 is 16.1 Å². The van der Waals surface area contributed by atoms with Gasteiger partial charge in [0.05, 0.1) is 11.2 Å². The van der Waals surface area contributed by atoms with E-state index >= 15 is 0 Å². The molecule has 3 rings (SSSR count). The summed E-state index contributed by atoms with van der Waals surface area (Å²) in [5.74, 6) is 0.0912. The van der Waals surface area contributed by atoms with Crippen LogP contribution in [0.2, 0.25) is 5.02 Å². The van der Waals surface area contributed by atoms with Crippen molar-refractivity contribution >= 4 is 39.2 Å². The number of aryl methyl sites for hydroxylation is 1. The standard InChI is InChI=1S/C14H17ClN6O3S/c1-20-12(4-5-18-20)21-6-2-3-10(14(21)22)19-25(23,24)11-7-9(15)8-17-13(11)16/h4-5,7-8,10,19H,2-3,6H2,1H3,(H2,16,17)/t10-/m0/s1. The fourth-order valence-electron chi connectivity index (χ4n) is 2.74. The van der Waals surface area contributed by atoms with Crippen molar-refractivity contribution in [2.24, 2.45) is 7.05 Å². The van der Waals surface area contributed by atoms with Crippen molar-refractivity contribution in [3.8, 4) is 0 Å². The first-order valence-electron chi connectivity index (χ1n) is 7.52. The van der Waals surface area contributed by atoms with Gasteiger partial charge < -0.3 is 5.73 Å². The number of carbonyl (C=O) groups excluding carboxylic acids is 1.